The molecule has 0 bridgehead atoms. The highest BCUT2D eigenvalue weighted by atomic mass is 79.9. The van der Waals surface area contributed by atoms with Gasteiger partial charge in [-0.2, -0.15) is 10.2 Å². The van der Waals surface area contributed by atoms with Gasteiger partial charge in [-0.05, 0) is 50.1 Å². The number of carbonyl (C=O) groups excluding carboxylic acids is 1. The summed E-state index contributed by atoms with van der Waals surface area (Å²) >= 11 is 8.07. The van der Waals surface area contributed by atoms with Crippen molar-refractivity contribution >= 4 is 49.1 Å². The molecule has 0 aromatic carbocycles. The van der Waals surface area contributed by atoms with Gasteiger partial charge in [-0.15, -0.1) is 11.3 Å². The summed E-state index contributed by atoms with van der Waals surface area (Å²) in [6.45, 7) is 0.375. The Kier molecular flexibility index (Phi) is 4.25. The fourth-order valence-corrected chi connectivity index (χ4v) is 3.10. The summed E-state index contributed by atoms with van der Waals surface area (Å²) in [5.74, 6) is -0.118. The molecule has 0 aliphatic heterocycles. The number of halogens is 2. The number of aromatic nitrogens is 2. The topological polar surface area (TPSA) is 54.9 Å². The van der Waals surface area contributed by atoms with Gasteiger partial charge in [0.05, 0.1) is 20.9 Å². The second-order valence-electron chi connectivity index (χ2n) is 3.13. The van der Waals surface area contributed by atoms with Gasteiger partial charge in [0.25, 0.3) is 5.91 Å². The molecule has 2 aromatic rings. The van der Waals surface area contributed by atoms with Gasteiger partial charge in [-0.25, -0.2) is 0 Å². The summed E-state index contributed by atoms with van der Waals surface area (Å²) in [6, 6.07) is 5.38. The van der Waals surface area contributed by atoms with Crippen LogP contribution in [0.3, 0.4) is 0 Å². The monoisotopic (exact) mass is 375 g/mol. The summed E-state index contributed by atoms with van der Waals surface area (Å²) in [5.41, 5.74) is 0.732. The standard InChI is InChI=1S/C10H7Br2N3OS/c11-7-4-8(17-9(7)12)10(16)13-5-6-2-1-3-14-15-6/h1-4H,5H2,(H,13,16). The van der Waals surface area contributed by atoms with Crippen LogP contribution in [0, 0.1) is 0 Å². The van der Waals surface area contributed by atoms with Gasteiger partial charge in [-0.1, -0.05) is 0 Å². The molecule has 0 unspecified atom stereocenters. The van der Waals surface area contributed by atoms with Gasteiger partial charge >= 0.3 is 0 Å². The molecular weight excluding hydrogens is 370 g/mol. The van der Waals surface area contributed by atoms with Crippen molar-refractivity contribution in [3.05, 3.63) is 43.2 Å². The van der Waals surface area contributed by atoms with E-state index in [9.17, 15) is 4.79 Å². The van der Waals surface area contributed by atoms with Gasteiger partial charge in [0.2, 0.25) is 0 Å². The van der Waals surface area contributed by atoms with Crippen LogP contribution in [0.2, 0.25) is 0 Å². The Morgan fingerprint density at radius 3 is 2.88 bits per heavy atom. The highest BCUT2D eigenvalue weighted by Gasteiger charge is 2.11. The summed E-state index contributed by atoms with van der Waals surface area (Å²) in [4.78, 5) is 12.4. The minimum Gasteiger partial charge on any atom is -0.346 e. The predicted molar refractivity (Wildman–Crippen MR) is 72.9 cm³/mol. The maximum atomic E-state index is 11.8. The maximum Gasteiger partial charge on any atom is 0.261 e. The van der Waals surface area contributed by atoms with Crippen LogP contribution in [0.4, 0.5) is 0 Å². The van der Waals surface area contributed by atoms with Crippen LogP contribution >= 0.6 is 43.2 Å². The molecule has 1 amide bonds. The minimum atomic E-state index is -0.118. The Bertz CT molecular complexity index is 510. The first-order valence-electron chi connectivity index (χ1n) is 4.66. The van der Waals surface area contributed by atoms with Crippen LogP contribution in [0.1, 0.15) is 15.4 Å². The largest absolute Gasteiger partial charge is 0.346 e. The minimum absolute atomic E-state index is 0.118. The van der Waals surface area contributed by atoms with E-state index in [1.54, 1.807) is 18.3 Å². The summed E-state index contributed by atoms with van der Waals surface area (Å²) < 4.78 is 1.79. The number of hydrogen-bond donors (Lipinski definition) is 1. The van der Waals surface area contributed by atoms with Crippen molar-refractivity contribution in [2.75, 3.05) is 0 Å². The van der Waals surface area contributed by atoms with Crippen LogP contribution in [0.15, 0.2) is 32.7 Å². The molecule has 0 aliphatic rings. The van der Waals surface area contributed by atoms with Crippen molar-refractivity contribution < 1.29 is 4.79 Å². The maximum absolute atomic E-state index is 11.8. The van der Waals surface area contributed by atoms with E-state index >= 15 is 0 Å². The zero-order chi connectivity index (χ0) is 12.3. The first kappa shape index (κ1) is 12.7. The molecular formula is C10H7Br2N3OS. The molecule has 0 spiro atoms. The highest BCUT2D eigenvalue weighted by molar-refractivity contribution is 9.13. The van der Waals surface area contributed by atoms with Crippen molar-refractivity contribution in [1.82, 2.24) is 15.5 Å². The van der Waals surface area contributed by atoms with Gasteiger partial charge in [0.1, 0.15) is 0 Å². The van der Waals surface area contributed by atoms with E-state index in [1.807, 2.05) is 6.07 Å². The first-order valence-corrected chi connectivity index (χ1v) is 7.06. The average Bonchev–Trinajstić information content (AvgIpc) is 2.68. The summed E-state index contributed by atoms with van der Waals surface area (Å²) in [7, 11) is 0. The molecule has 4 nitrogen and oxygen atoms in total. The summed E-state index contributed by atoms with van der Waals surface area (Å²) in [5, 5.41) is 10.4. The number of nitrogens with one attached hydrogen (secondary N) is 1. The van der Waals surface area contributed by atoms with E-state index in [4.69, 9.17) is 0 Å². The number of thiophene rings is 1. The van der Waals surface area contributed by atoms with E-state index in [0.29, 0.717) is 11.4 Å². The average molecular weight is 377 g/mol. The Hall–Kier alpha value is -0.790. The first-order chi connectivity index (χ1) is 8.16. The lowest BCUT2D eigenvalue weighted by Crippen LogP contribution is -2.22. The third-order valence-corrected chi connectivity index (χ3v) is 5.18. The molecule has 0 saturated heterocycles. The Labute approximate surface area is 119 Å². The van der Waals surface area contributed by atoms with Crippen molar-refractivity contribution in [1.29, 1.82) is 0 Å². The van der Waals surface area contributed by atoms with E-state index in [2.05, 4.69) is 47.4 Å². The molecule has 0 atom stereocenters. The van der Waals surface area contributed by atoms with Gasteiger partial charge in [0.15, 0.2) is 0 Å². The summed E-state index contributed by atoms with van der Waals surface area (Å²) in [6.07, 6.45) is 1.60. The van der Waals surface area contributed by atoms with Gasteiger partial charge in [0, 0.05) is 10.7 Å². The van der Waals surface area contributed by atoms with Crippen molar-refractivity contribution in [3.8, 4) is 0 Å². The molecule has 2 rings (SSSR count). The lowest BCUT2D eigenvalue weighted by Gasteiger charge is -2.01. The predicted octanol–water partition coefficient (Wildman–Crippen LogP) is 2.99. The highest BCUT2D eigenvalue weighted by Crippen LogP contribution is 2.32. The van der Waals surface area contributed by atoms with Crippen LogP contribution in [-0.2, 0) is 6.54 Å². The van der Waals surface area contributed by atoms with Crippen molar-refractivity contribution in [3.63, 3.8) is 0 Å². The number of amides is 1. The fraction of sp³-hybridized carbons (Fsp3) is 0.100. The molecule has 7 heteroatoms. The molecule has 88 valence electrons. The molecule has 0 aliphatic carbocycles. The van der Waals surface area contributed by atoms with Crippen LogP contribution in [-0.4, -0.2) is 16.1 Å². The quantitative estimate of drug-likeness (QED) is 0.895. The molecule has 0 radical (unpaired) electrons. The van der Waals surface area contributed by atoms with Crippen LogP contribution in [0.25, 0.3) is 0 Å². The number of rotatable bonds is 3. The zero-order valence-electron chi connectivity index (χ0n) is 8.48. The third kappa shape index (κ3) is 3.34. The SMILES string of the molecule is O=C(NCc1cccnn1)c1cc(Br)c(Br)s1. The third-order valence-electron chi connectivity index (χ3n) is 1.93. The van der Waals surface area contributed by atoms with Crippen LogP contribution < -0.4 is 5.32 Å². The van der Waals surface area contributed by atoms with E-state index in [0.717, 1.165) is 14.0 Å². The lowest BCUT2D eigenvalue weighted by molar-refractivity contribution is 0.0954. The normalized spacial score (nSPS) is 10.2. The van der Waals surface area contributed by atoms with Gasteiger partial charge < -0.3 is 5.32 Å². The molecule has 0 fully saturated rings. The Balaban J connectivity index is 1.98. The molecule has 1 N–H and O–H groups in total. The molecule has 0 saturated carbocycles. The van der Waals surface area contributed by atoms with Crippen molar-refractivity contribution in [2.24, 2.45) is 0 Å². The van der Waals surface area contributed by atoms with E-state index < -0.39 is 0 Å². The Morgan fingerprint density at radius 1 is 1.47 bits per heavy atom. The number of hydrogen-bond acceptors (Lipinski definition) is 4. The molecule has 2 heterocycles. The number of nitrogens with zero attached hydrogens (tertiary/aromatic N) is 2. The number of carbonyl (C=O) groups is 1. The van der Waals surface area contributed by atoms with E-state index in [-0.39, 0.29) is 5.91 Å². The zero-order valence-corrected chi connectivity index (χ0v) is 12.5. The molecule has 2 aromatic heterocycles. The van der Waals surface area contributed by atoms with Crippen LogP contribution in [0.5, 0.6) is 0 Å². The fourth-order valence-electron chi connectivity index (χ4n) is 1.14. The molecule has 17 heavy (non-hydrogen) atoms. The van der Waals surface area contributed by atoms with E-state index in [1.165, 1.54) is 11.3 Å². The Morgan fingerprint density at radius 2 is 2.29 bits per heavy atom. The lowest BCUT2D eigenvalue weighted by atomic mass is 10.3. The van der Waals surface area contributed by atoms with Gasteiger partial charge in [-0.3, -0.25) is 4.79 Å². The van der Waals surface area contributed by atoms with Crippen molar-refractivity contribution in [2.45, 2.75) is 6.54 Å². The second kappa shape index (κ2) is 5.70. The second-order valence-corrected chi connectivity index (χ2v) is 6.35. The smallest absolute Gasteiger partial charge is 0.261 e.